The normalized spacial score (nSPS) is 11.8. The van der Waals surface area contributed by atoms with Gasteiger partial charge in [-0.25, -0.2) is 0 Å². The Balaban J connectivity index is 2.26. The van der Waals surface area contributed by atoms with E-state index in [2.05, 4.69) is 5.10 Å². The Morgan fingerprint density at radius 2 is 1.92 bits per heavy atom. The number of anilines is 1. The molecule has 0 radical (unpaired) electrons. The van der Waals surface area contributed by atoms with Crippen molar-refractivity contribution in [3.63, 3.8) is 0 Å². The number of rotatable bonds is 8. The number of carbonyl (C=O) groups excluding carboxylic acids is 2. The molecule has 1 atom stereocenters. The van der Waals surface area contributed by atoms with Crippen LogP contribution in [0.2, 0.25) is 0 Å². The number of amides is 1. The fourth-order valence-electron chi connectivity index (χ4n) is 2.70. The number of hydrogen-bond donors (Lipinski definition) is 0. The van der Waals surface area contributed by atoms with Crippen LogP contribution in [-0.2, 0) is 27.3 Å². The summed E-state index contributed by atoms with van der Waals surface area (Å²) >= 11 is 0. The number of aryl methyl sites for hydroxylation is 1. The standard InChI is InChI=1S/C19H25N3O3/c1-4-21-14-15(13-20-21)12-17(19(24)25-6-3)18(23)22(5-2)16-10-8-7-9-11-16/h7-11,13-14,17H,4-6,12H2,1-3H3. The Morgan fingerprint density at radius 1 is 1.20 bits per heavy atom. The van der Waals surface area contributed by atoms with Gasteiger partial charge in [-0.2, -0.15) is 5.10 Å². The van der Waals surface area contributed by atoms with Crippen molar-refractivity contribution in [2.75, 3.05) is 18.1 Å². The van der Waals surface area contributed by atoms with Crippen LogP contribution >= 0.6 is 0 Å². The predicted octanol–water partition coefficient (Wildman–Crippen LogP) is 2.68. The van der Waals surface area contributed by atoms with E-state index in [1.807, 2.05) is 50.4 Å². The van der Waals surface area contributed by atoms with Gasteiger partial charge in [0.05, 0.1) is 12.8 Å². The summed E-state index contributed by atoms with van der Waals surface area (Å²) in [4.78, 5) is 27.1. The fourth-order valence-corrected chi connectivity index (χ4v) is 2.70. The van der Waals surface area contributed by atoms with E-state index in [0.717, 1.165) is 17.8 Å². The molecule has 0 bridgehead atoms. The first kappa shape index (κ1) is 18.7. The second-order valence-corrected chi connectivity index (χ2v) is 5.63. The highest BCUT2D eigenvalue weighted by atomic mass is 16.5. The molecular formula is C19H25N3O3. The van der Waals surface area contributed by atoms with Crippen LogP contribution in [0.25, 0.3) is 0 Å². The second-order valence-electron chi connectivity index (χ2n) is 5.63. The third-order valence-corrected chi connectivity index (χ3v) is 3.97. The van der Waals surface area contributed by atoms with E-state index < -0.39 is 11.9 Å². The Morgan fingerprint density at radius 3 is 2.48 bits per heavy atom. The maximum absolute atomic E-state index is 13.1. The molecule has 1 aromatic carbocycles. The van der Waals surface area contributed by atoms with Crippen LogP contribution < -0.4 is 4.90 Å². The number of carbonyl (C=O) groups is 2. The van der Waals surface area contributed by atoms with E-state index in [0.29, 0.717) is 6.54 Å². The van der Waals surface area contributed by atoms with Crippen molar-refractivity contribution < 1.29 is 14.3 Å². The van der Waals surface area contributed by atoms with E-state index in [9.17, 15) is 9.59 Å². The smallest absolute Gasteiger partial charge is 0.318 e. The average molecular weight is 343 g/mol. The van der Waals surface area contributed by atoms with Gasteiger partial charge in [0, 0.05) is 25.0 Å². The maximum atomic E-state index is 13.1. The van der Waals surface area contributed by atoms with Crippen LogP contribution in [0, 0.1) is 5.92 Å². The summed E-state index contributed by atoms with van der Waals surface area (Å²) < 4.78 is 6.92. The lowest BCUT2D eigenvalue weighted by atomic mass is 9.99. The number of esters is 1. The molecule has 134 valence electrons. The molecule has 6 nitrogen and oxygen atoms in total. The van der Waals surface area contributed by atoms with Crippen LogP contribution in [0.15, 0.2) is 42.7 Å². The summed E-state index contributed by atoms with van der Waals surface area (Å²) in [6, 6.07) is 9.35. The SMILES string of the molecule is CCOC(=O)C(Cc1cnn(CC)c1)C(=O)N(CC)c1ccccc1. The van der Waals surface area contributed by atoms with E-state index in [1.54, 1.807) is 22.7 Å². The van der Waals surface area contributed by atoms with Crippen molar-refractivity contribution in [1.82, 2.24) is 9.78 Å². The maximum Gasteiger partial charge on any atom is 0.318 e. The molecule has 0 N–H and O–H groups in total. The summed E-state index contributed by atoms with van der Waals surface area (Å²) in [5.41, 5.74) is 1.62. The van der Waals surface area contributed by atoms with Crippen LogP contribution in [0.5, 0.6) is 0 Å². The number of para-hydroxylation sites is 1. The molecule has 0 aliphatic heterocycles. The highest BCUT2D eigenvalue weighted by Gasteiger charge is 2.32. The zero-order valence-corrected chi connectivity index (χ0v) is 15.0. The van der Waals surface area contributed by atoms with Gasteiger partial charge in [-0.15, -0.1) is 0 Å². The monoisotopic (exact) mass is 343 g/mol. The molecule has 0 aliphatic carbocycles. The van der Waals surface area contributed by atoms with Crippen LogP contribution in [0.1, 0.15) is 26.3 Å². The van der Waals surface area contributed by atoms with Crippen LogP contribution in [0.4, 0.5) is 5.69 Å². The third kappa shape index (κ3) is 4.68. The first-order valence-corrected chi connectivity index (χ1v) is 8.65. The Hall–Kier alpha value is -2.63. The average Bonchev–Trinajstić information content (AvgIpc) is 3.09. The highest BCUT2D eigenvalue weighted by molar-refractivity contribution is 6.06. The zero-order chi connectivity index (χ0) is 18.2. The van der Waals surface area contributed by atoms with Crippen molar-refractivity contribution in [2.45, 2.75) is 33.7 Å². The van der Waals surface area contributed by atoms with E-state index in [1.165, 1.54) is 0 Å². The molecule has 0 saturated carbocycles. The molecule has 0 spiro atoms. The first-order chi connectivity index (χ1) is 12.1. The molecule has 0 aliphatic rings. The lowest BCUT2D eigenvalue weighted by Gasteiger charge is -2.25. The summed E-state index contributed by atoms with van der Waals surface area (Å²) in [6.07, 6.45) is 3.83. The van der Waals surface area contributed by atoms with Gasteiger partial charge in [0.2, 0.25) is 5.91 Å². The van der Waals surface area contributed by atoms with Gasteiger partial charge in [-0.1, -0.05) is 18.2 Å². The van der Waals surface area contributed by atoms with Gasteiger partial charge < -0.3 is 9.64 Å². The first-order valence-electron chi connectivity index (χ1n) is 8.65. The van der Waals surface area contributed by atoms with Crippen molar-refractivity contribution >= 4 is 17.6 Å². The molecule has 0 saturated heterocycles. The van der Waals surface area contributed by atoms with Gasteiger partial charge in [0.1, 0.15) is 5.92 Å². The molecule has 25 heavy (non-hydrogen) atoms. The van der Waals surface area contributed by atoms with Crippen LogP contribution in [0.3, 0.4) is 0 Å². The number of benzene rings is 1. The molecule has 0 fully saturated rings. The quantitative estimate of drug-likeness (QED) is 0.546. The summed E-state index contributed by atoms with van der Waals surface area (Å²) in [7, 11) is 0. The van der Waals surface area contributed by atoms with E-state index >= 15 is 0 Å². The van der Waals surface area contributed by atoms with Crippen LogP contribution in [-0.4, -0.2) is 34.8 Å². The summed E-state index contributed by atoms with van der Waals surface area (Å²) in [5, 5.41) is 4.22. The zero-order valence-electron chi connectivity index (χ0n) is 15.0. The number of ether oxygens (including phenoxy) is 1. The Bertz CT molecular complexity index is 697. The minimum absolute atomic E-state index is 0.244. The van der Waals surface area contributed by atoms with Crippen molar-refractivity contribution in [3.05, 3.63) is 48.3 Å². The molecule has 1 amide bonds. The molecule has 1 unspecified atom stereocenters. The van der Waals surface area contributed by atoms with Crippen molar-refractivity contribution in [3.8, 4) is 0 Å². The highest BCUT2D eigenvalue weighted by Crippen LogP contribution is 2.20. The Labute approximate surface area is 148 Å². The lowest BCUT2D eigenvalue weighted by molar-refractivity contribution is -0.151. The number of nitrogens with zero attached hydrogens (tertiary/aromatic N) is 3. The van der Waals surface area contributed by atoms with E-state index in [-0.39, 0.29) is 18.9 Å². The lowest BCUT2D eigenvalue weighted by Crippen LogP contribution is -2.41. The van der Waals surface area contributed by atoms with Gasteiger partial charge in [-0.3, -0.25) is 14.3 Å². The molecule has 1 heterocycles. The van der Waals surface area contributed by atoms with Crippen molar-refractivity contribution in [1.29, 1.82) is 0 Å². The largest absolute Gasteiger partial charge is 0.465 e. The van der Waals surface area contributed by atoms with Gasteiger partial charge in [0.25, 0.3) is 0 Å². The molecule has 2 rings (SSSR count). The van der Waals surface area contributed by atoms with E-state index in [4.69, 9.17) is 4.74 Å². The van der Waals surface area contributed by atoms with Gasteiger partial charge in [0.15, 0.2) is 0 Å². The minimum Gasteiger partial charge on any atom is -0.465 e. The minimum atomic E-state index is -0.880. The second kappa shape index (κ2) is 9.01. The van der Waals surface area contributed by atoms with Gasteiger partial charge >= 0.3 is 5.97 Å². The predicted molar refractivity (Wildman–Crippen MR) is 96.2 cm³/mol. The molecular weight excluding hydrogens is 318 g/mol. The molecule has 2 aromatic rings. The fraction of sp³-hybridized carbons (Fsp3) is 0.421. The Kier molecular flexibility index (Phi) is 6.74. The molecule has 6 heteroatoms. The number of aromatic nitrogens is 2. The van der Waals surface area contributed by atoms with Crippen molar-refractivity contribution in [2.24, 2.45) is 5.92 Å². The number of hydrogen-bond acceptors (Lipinski definition) is 4. The summed E-state index contributed by atoms with van der Waals surface area (Å²) in [6.45, 7) is 7.08. The topological polar surface area (TPSA) is 64.4 Å². The summed E-state index contributed by atoms with van der Waals surface area (Å²) in [5.74, 6) is -1.63. The van der Waals surface area contributed by atoms with Gasteiger partial charge in [-0.05, 0) is 44.9 Å². The molecule has 1 aromatic heterocycles. The third-order valence-electron chi connectivity index (χ3n) is 3.97.